The van der Waals surface area contributed by atoms with Crippen molar-refractivity contribution in [3.05, 3.63) is 23.8 Å². The van der Waals surface area contributed by atoms with Gasteiger partial charge in [-0.15, -0.1) is 0 Å². The number of ether oxygens (including phenoxy) is 2. The highest BCUT2D eigenvalue weighted by Gasteiger charge is 2.78. The highest BCUT2D eigenvalue weighted by atomic mass is 32.2. The molecular weight excluding hydrogens is 530 g/mol. The molecule has 3 saturated carbocycles. The Kier molecular flexibility index (Phi) is 6.93. The molecule has 1 aliphatic heterocycles. The average molecular weight is 567 g/mol. The Bertz CT molecular complexity index is 1170. The van der Waals surface area contributed by atoms with Crippen LogP contribution in [0.1, 0.15) is 66.2 Å². The fourth-order valence-corrected chi connectivity index (χ4v) is 9.74. The third kappa shape index (κ3) is 3.76. The molecule has 0 bridgehead atoms. The lowest BCUT2D eigenvalue weighted by Crippen LogP contribution is -2.70. The summed E-state index contributed by atoms with van der Waals surface area (Å²) in [7, 11) is 0. The molecule has 1 heterocycles. The number of hydrogen-bond acceptors (Lipinski definition) is 8. The minimum atomic E-state index is -2.31. The normalized spacial score (nSPS) is 46.6. The number of aliphatic hydroxyl groups excluding tert-OH is 1. The molecule has 10 atom stereocenters. The van der Waals surface area contributed by atoms with Crippen LogP contribution in [0.5, 0.6) is 0 Å². The molecule has 1 unspecified atom stereocenters. The smallest absolute Gasteiger partial charge is 0.319 e. The second kappa shape index (κ2) is 9.50. The van der Waals surface area contributed by atoms with E-state index in [4.69, 9.17) is 9.47 Å². The van der Waals surface area contributed by atoms with Crippen molar-refractivity contribution in [2.75, 3.05) is 6.61 Å². The summed E-state index contributed by atoms with van der Waals surface area (Å²) in [5, 5.41) is 10.4. The summed E-state index contributed by atoms with van der Waals surface area (Å²) in [5.41, 5.74) is -6.81. The number of aliphatic hydroxyl groups is 1. The molecule has 0 amide bonds. The van der Waals surface area contributed by atoms with Gasteiger partial charge in [-0.05, 0) is 56.3 Å². The van der Waals surface area contributed by atoms with Crippen LogP contribution in [-0.4, -0.2) is 63.3 Å². The Hall–Kier alpha value is -2.07. The molecule has 5 aliphatic rings. The van der Waals surface area contributed by atoms with E-state index < -0.39 is 80.2 Å². The summed E-state index contributed by atoms with van der Waals surface area (Å²) < 4.78 is 44.4. The number of hydrogen-bond donors (Lipinski definition) is 1. The SMILES string of the molecule is CCCC(=O)O[C@]1(C(=O)SC2CCOC2=O)[C@H](C)C[C@H]2[C@@H]3C[C@H](F)C4=CC(=O)C=C[C@]4(C)[C@@]3(F)[C@@H](O)C[C@@]21C. The van der Waals surface area contributed by atoms with E-state index in [1.54, 1.807) is 20.8 Å². The van der Waals surface area contributed by atoms with Crippen molar-refractivity contribution in [2.45, 2.75) is 95.0 Å². The van der Waals surface area contributed by atoms with Crippen LogP contribution in [0, 0.1) is 28.6 Å². The molecule has 39 heavy (non-hydrogen) atoms. The summed E-state index contributed by atoms with van der Waals surface area (Å²) in [6.45, 7) is 7.01. The van der Waals surface area contributed by atoms with Gasteiger partial charge in [0.05, 0.1) is 12.7 Å². The van der Waals surface area contributed by atoms with Gasteiger partial charge in [-0.1, -0.05) is 38.6 Å². The molecule has 10 heteroatoms. The van der Waals surface area contributed by atoms with Crippen molar-refractivity contribution in [1.29, 1.82) is 0 Å². The number of carbonyl (C=O) groups is 4. The second-order valence-electron chi connectivity index (χ2n) is 12.3. The summed E-state index contributed by atoms with van der Waals surface area (Å²) >= 11 is 0.780. The van der Waals surface area contributed by atoms with Crippen molar-refractivity contribution in [3.63, 3.8) is 0 Å². The Labute approximate surface area is 231 Å². The van der Waals surface area contributed by atoms with Crippen molar-refractivity contribution in [1.82, 2.24) is 0 Å². The fraction of sp³-hybridized carbons (Fsp3) is 0.724. The number of cyclic esters (lactones) is 1. The molecule has 0 aromatic heterocycles. The van der Waals surface area contributed by atoms with Gasteiger partial charge >= 0.3 is 11.9 Å². The van der Waals surface area contributed by atoms with E-state index in [1.807, 2.05) is 0 Å². The fourth-order valence-electron chi connectivity index (χ4n) is 8.45. The summed E-state index contributed by atoms with van der Waals surface area (Å²) in [6.07, 6.45) is 1.16. The minimum absolute atomic E-state index is 0.0227. The van der Waals surface area contributed by atoms with Crippen LogP contribution in [0.2, 0.25) is 0 Å². The minimum Gasteiger partial charge on any atom is -0.465 e. The summed E-state index contributed by atoms with van der Waals surface area (Å²) in [6, 6.07) is 0. The predicted molar refractivity (Wildman–Crippen MR) is 139 cm³/mol. The first-order valence-corrected chi connectivity index (χ1v) is 14.7. The zero-order valence-electron chi connectivity index (χ0n) is 22.7. The van der Waals surface area contributed by atoms with Crippen molar-refractivity contribution >= 4 is 34.6 Å². The van der Waals surface area contributed by atoms with Gasteiger partial charge in [0, 0.05) is 35.5 Å². The number of alkyl halides is 2. The van der Waals surface area contributed by atoms with E-state index >= 15 is 8.78 Å². The van der Waals surface area contributed by atoms with E-state index in [9.17, 15) is 24.3 Å². The van der Waals surface area contributed by atoms with Gasteiger partial charge in [0.1, 0.15) is 11.4 Å². The van der Waals surface area contributed by atoms with Crippen LogP contribution in [0.25, 0.3) is 0 Å². The largest absolute Gasteiger partial charge is 0.465 e. The number of esters is 2. The van der Waals surface area contributed by atoms with Crippen LogP contribution in [0.15, 0.2) is 23.8 Å². The maximum atomic E-state index is 17.5. The van der Waals surface area contributed by atoms with Crippen molar-refractivity contribution in [2.24, 2.45) is 28.6 Å². The Morgan fingerprint density at radius 3 is 2.59 bits per heavy atom. The predicted octanol–water partition coefficient (Wildman–Crippen LogP) is 4.21. The zero-order chi connectivity index (χ0) is 28.5. The van der Waals surface area contributed by atoms with Gasteiger partial charge < -0.3 is 14.6 Å². The quantitative estimate of drug-likeness (QED) is 0.494. The average Bonchev–Trinajstić information content (AvgIpc) is 3.36. The third-order valence-electron chi connectivity index (χ3n) is 10.3. The lowest BCUT2D eigenvalue weighted by atomic mass is 9.44. The van der Waals surface area contributed by atoms with Gasteiger partial charge in [-0.2, -0.15) is 0 Å². The van der Waals surface area contributed by atoms with Gasteiger partial charge in [0.15, 0.2) is 17.1 Å². The molecule has 5 rings (SSSR count). The van der Waals surface area contributed by atoms with E-state index in [0.717, 1.165) is 17.8 Å². The van der Waals surface area contributed by atoms with Gasteiger partial charge in [-0.25, -0.2) is 8.78 Å². The Morgan fingerprint density at radius 1 is 1.23 bits per heavy atom. The Morgan fingerprint density at radius 2 is 1.95 bits per heavy atom. The highest BCUT2D eigenvalue weighted by Crippen LogP contribution is 2.72. The molecule has 0 aromatic rings. The number of allylic oxidation sites excluding steroid dienone is 4. The van der Waals surface area contributed by atoms with E-state index in [1.165, 1.54) is 19.1 Å². The van der Waals surface area contributed by atoms with Crippen LogP contribution >= 0.6 is 11.8 Å². The summed E-state index contributed by atoms with van der Waals surface area (Å²) in [4.78, 5) is 51.5. The van der Waals surface area contributed by atoms with E-state index in [2.05, 4.69) is 0 Å². The molecule has 0 radical (unpaired) electrons. The highest BCUT2D eigenvalue weighted by molar-refractivity contribution is 8.14. The van der Waals surface area contributed by atoms with E-state index in [-0.39, 0.29) is 37.9 Å². The number of rotatable bonds is 5. The molecule has 4 fully saturated rings. The van der Waals surface area contributed by atoms with Gasteiger partial charge in [0.25, 0.3) is 0 Å². The topological polar surface area (TPSA) is 107 Å². The molecule has 4 aliphatic carbocycles. The molecular formula is C29H36F2O7S. The van der Waals surface area contributed by atoms with Gasteiger partial charge in [-0.3, -0.25) is 19.2 Å². The van der Waals surface area contributed by atoms with Gasteiger partial charge in [0.2, 0.25) is 5.12 Å². The number of fused-ring (bicyclic) bond motifs is 5. The van der Waals surface area contributed by atoms with Crippen LogP contribution in [0.3, 0.4) is 0 Å². The first kappa shape index (κ1) is 28.5. The number of ketones is 1. The Balaban J connectivity index is 1.61. The monoisotopic (exact) mass is 566 g/mol. The first-order chi connectivity index (χ1) is 18.3. The molecule has 0 aromatic carbocycles. The third-order valence-corrected chi connectivity index (χ3v) is 11.6. The molecule has 0 spiro atoms. The lowest BCUT2D eigenvalue weighted by Gasteiger charge is -2.63. The first-order valence-electron chi connectivity index (χ1n) is 13.8. The molecule has 1 N–H and O–H groups in total. The standard InChI is InChI=1S/C29H36F2O7S/c1-5-6-23(34)38-29(25(36)39-21-8-10-37-24(21)35)15(2)11-17-18-13-20(30)19-12-16(32)7-9-26(19,3)28(18,31)22(33)14-27(17,29)4/h7,9,12,15,17-18,20-22,33H,5-6,8,10-11,13-14H2,1-4H3/t15-,17+,18+,20+,21?,22+,26+,27+,28+,29+/m1/s1. The number of thioether (sulfide) groups is 1. The molecule has 7 nitrogen and oxygen atoms in total. The van der Waals surface area contributed by atoms with Crippen LogP contribution in [0.4, 0.5) is 8.78 Å². The molecule has 214 valence electrons. The van der Waals surface area contributed by atoms with E-state index in [0.29, 0.717) is 12.8 Å². The van der Waals surface area contributed by atoms with Crippen LogP contribution < -0.4 is 0 Å². The number of halogens is 2. The zero-order valence-corrected chi connectivity index (χ0v) is 23.5. The maximum absolute atomic E-state index is 17.5. The van der Waals surface area contributed by atoms with Crippen molar-refractivity contribution < 1.29 is 42.5 Å². The molecule has 1 saturated heterocycles. The number of carbonyl (C=O) groups excluding carboxylic acids is 4. The maximum Gasteiger partial charge on any atom is 0.319 e. The lowest BCUT2D eigenvalue weighted by molar-refractivity contribution is -0.228. The summed E-state index contributed by atoms with van der Waals surface area (Å²) in [5.74, 6) is -3.72. The van der Waals surface area contributed by atoms with Crippen molar-refractivity contribution in [3.8, 4) is 0 Å². The second-order valence-corrected chi connectivity index (χ2v) is 13.5. The van der Waals surface area contributed by atoms with Crippen LogP contribution in [-0.2, 0) is 28.7 Å².